The Morgan fingerprint density at radius 3 is 2.31 bits per heavy atom. The summed E-state index contributed by atoms with van der Waals surface area (Å²) in [5, 5.41) is 8.34. The van der Waals surface area contributed by atoms with Crippen molar-refractivity contribution in [2.24, 2.45) is 0 Å². The van der Waals surface area contributed by atoms with Crippen molar-refractivity contribution in [3.63, 3.8) is 0 Å². The van der Waals surface area contributed by atoms with Gasteiger partial charge in [-0.05, 0) is 19.3 Å². The second-order valence-corrected chi connectivity index (χ2v) is 2.90. The van der Waals surface area contributed by atoms with E-state index in [2.05, 4.69) is 19.1 Å². The summed E-state index contributed by atoms with van der Waals surface area (Å²) < 4.78 is 0. The van der Waals surface area contributed by atoms with Crippen molar-refractivity contribution in [3.8, 4) is 0 Å². The molecule has 0 rings (SSSR count). The van der Waals surface area contributed by atoms with Crippen LogP contribution in [-0.4, -0.2) is 11.1 Å². The van der Waals surface area contributed by atoms with Gasteiger partial charge in [-0.15, -0.1) is 0 Å². The van der Waals surface area contributed by atoms with E-state index in [-0.39, 0.29) is 6.42 Å². The van der Waals surface area contributed by atoms with E-state index in [9.17, 15) is 4.79 Å². The molecule has 0 spiro atoms. The van der Waals surface area contributed by atoms with E-state index in [1.54, 1.807) is 0 Å². The first-order valence-corrected chi connectivity index (χ1v) is 4.79. The van der Waals surface area contributed by atoms with Crippen molar-refractivity contribution < 1.29 is 9.90 Å². The predicted octanol–water partition coefficient (Wildman–Crippen LogP) is 3.15. The fraction of sp³-hybridized carbons (Fsp3) is 0.545. The SMILES string of the molecule is CCC/C=C/C/C=C/CCC(=O)O. The molecule has 0 aromatic heterocycles. The van der Waals surface area contributed by atoms with Gasteiger partial charge in [0.2, 0.25) is 0 Å². The maximum absolute atomic E-state index is 10.1. The van der Waals surface area contributed by atoms with Crippen LogP contribution in [0.25, 0.3) is 0 Å². The number of carbonyl (C=O) groups is 1. The summed E-state index contributed by atoms with van der Waals surface area (Å²) in [4.78, 5) is 10.1. The number of allylic oxidation sites excluding steroid dienone is 4. The molecule has 0 aliphatic carbocycles. The smallest absolute Gasteiger partial charge is 0.303 e. The molecule has 0 amide bonds. The number of rotatable bonds is 7. The van der Waals surface area contributed by atoms with E-state index < -0.39 is 5.97 Å². The highest BCUT2D eigenvalue weighted by molar-refractivity contribution is 5.66. The molecule has 0 aromatic rings. The van der Waals surface area contributed by atoms with E-state index in [1.807, 2.05) is 12.2 Å². The summed E-state index contributed by atoms with van der Waals surface area (Å²) in [5.74, 6) is -0.730. The molecule has 1 N–H and O–H groups in total. The summed E-state index contributed by atoms with van der Waals surface area (Å²) in [6.07, 6.45) is 12.3. The third-order valence-electron chi connectivity index (χ3n) is 1.59. The second-order valence-electron chi connectivity index (χ2n) is 2.90. The van der Waals surface area contributed by atoms with Crippen LogP contribution in [0.4, 0.5) is 0 Å². The molecule has 0 bridgehead atoms. The van der Waals surface area contributed by atoms with Crippen molar-refractivity contribution in [1.29, 1.82) is 0 Å². The van der Waals surface area contributed by atoms with Crippen LogP contribution in [0.2, 0.25) is 0 Å². The van der Waals surface area contributed by atoms with Gasteiger partial charge in [-0.1, -0.05) is 37.6 Å². The minimum absolute atomic E-state index is 0.231. The average molecular weight is 182 g/mol. The first kappa shape index (κ1) is 11.9. The van der Waals surface area contributed by atoms with Crippen LogP contribution < -0.4 is 0 Å². The zero-order valence-electron chi connectivity index (χ0n) is 8.20. The summed E-state index contributed by atoms with van der Waals surface area (Å²) in [6.45, 7) is 2.15. The third-order valence-corrected chi connectivity index (χ3v) is 1.59. The van der Waals surface area contributed by atoms with Crippen molar-refractivity contribution >= 4 is 5.97 Å². The maximum atomic E-state index is 10.1. The third kappa shape index (κ3) is 10.9. The molecule has 0 fully saturated rings. The maximum Gasteiger partial charge on any atom is 0.303 e. The standard InChI is InChI=1S/C11H18O2/c1-2-3-4-5-6-7-8-9-10-11(12)13/h4-5,7-8H,2-3,6,9-10H2,1H3,(H,12,13)/b5-4+,8-7+. The second kappa shape index (κ2) is 9.04. The van der Waals surface area contributed by atoms with Gasteiger partial charge in [0.15, 0.2) is 0 Å². The molecule has 2 nitrogen and oxygen atoms in total. The Balaban J connectivity index is 3.26. The lowest BCUT2D eigenvalue weighted by molar-refractivity contribution is -0.136. The predicted molar refractivity (Wildman–Crippen MR) is 54.7 cm³/mol. The lowest BCUT2D eigenvalue weighted by Crippen LogP contribution is -1.91. The highest BCUT2D eigenvalue weighted by Gasteiger charge is 1.90. The Hall–Kier alpha value is -1.05. The summed E-state index contributed by atoms with van der Waals surface area (Å²) in [6, 6.07) is 0. The molecule has 0 heterocycles. The molecule has 0 unspecified atom stereocenters. The van der Waals surface area contributed by atoms with Crippen molar-refractivity contribution in [2.75, 3.05) is 0 Å². The number of unbranched alkanes of at least 4 members (excludes halogenated alkanes) is 1. The van der Waals surface area contributed by atoms with Crippen molar-refractivity contribution in [2.45, 2.75) is 39.0 Å². The van der Waals surface area contributed by atoms with Crippen molar-refractivity contribution in [3.05, 3.63) is 24.3 Å². The molecule has 0 saturated carbocycles. The molecule has 0 aromatic carbocycles. The van der Waals surface area contributed by atoms with E-state index in [0.717, 1.165) is 12.8 Å². The van der Waals surface area contributed by atoms with Gasteiger partial charge in [-0.2, -0.15) is 0 Å². The zero-order chi connectivity index (χ0) is 9.94. The lowest BCUT2D eigenvalue weighted by Gasteiger charge is -1.87. The molecule has 0 atom stereocenters. The van der Waals surface area contributed by atoms with Gasteiger partial charge in [-0.3, -0.25) is 4.79 Å². The molecular weight excluding hydrogens is 164 g/mol. The molecular formula is C11H18O2. The Kier molecular flexibility index (Phi) is 8.31. The normalized spacial score (nSPS) is 11.5. The molecule has 2 heteroatoms. The van der Waals surface area contributed by atoms with E-state index in [1.165, 1.54) is 6.42 Å². The van der Waals surface area contributed by atoms with Gasteiger partial charge in [0.05, 0.1) is 0 Å². The number of hydrogen-bond donors (Lipinski definition) is 1. The number of aliphatic carboxylic acids is 1. The summed E-state index contributed by atoms with van der Waals surface area (Å²) >= 11 is 0. The first-order valence-electron chi connectivity index (χ1n) is 4.79. The number of carboxylic acids is 1. The number of carboxylic acid groups (broad SMARTS) is 1. The van der Waals surface area contributed by atoms with Crippen LogP contribution >= 0.6 is 0 Å². The van der Waals surface area contributed by atoms with Crippen LogP contribution in [0, 0.1) is 0 Å². The topological polar surface area (TPSA) is 37.3 Å². The van der Waals surface area contributed by atoms with Gasteiger partial charge in [0.1, 0.15) is 0 Å². The molecule has 13 heavy (non-hydrogen) atoms. The fourth-order valence-electron chi connectivity index (χ4n) is 0.880. The quantitative estimate of drug-likeness (QED) is 0.614. The first-order chi connectivity index (χ1) is 6.27. The van der Waals surface area contributed by atoms with E-state index >= 15 is 0 Å². The highest BCUT2D eigenvalue weighted by atomic mass is 16.4. The Bertz CT molecular complexity index is 181. The molecule has 0 aliphatic heterocycles. The molecule has 0 aliphatic rings. The number of hydrogen-bond acceptors (Lipinski definition) is 1. The van der Waals surface area contributed by atoms with Crippen LogP contribution in [-0.2, 0) is 4.79 Å². The Morgan fingerprint density at radius 2 is 1.77 bits per heavy atom. The summed E-state index contributed by atoms with van der Waals surface area (Å²) in [7, 11) is 0. The van der Waals surface area contributed by atoms with Gasteiger partial charge in [-0.25, -0.2) is 0 Å². The van der Waals surface area contributed by atoms with E-state index in [4.69, 9.17) is 5.11 Å². The minimum Gasteiger partial charge on any atom is -0.481 e. The molecule has 74 valence electrons. The summed E-state index contributed by atoms with van der Waals surface area (Å²) in [5.41, 5.74) is 0. The van der Waals surface area contributed by atoms with E-state index in [0.29, 0.717) is 6.42 Å². The molecule has 0 saturated heterocycles. The zero-order valence-corrected chi connectivity index (χ0v) is 8.20. The van der Waals surface area contributed by atoms with Gasteiger partial charge >= 0.3 is 5.97 Å². The Labute approximate surface area is 80.0 Å². The monoisotopic (exact) mass is 182 g/mol. The van der Waals surface area contributed by atoms with Crippen LogP contribution in [0.5, 0.6) is 0 Å². The van der Waals surface area contributed by atoms with Crippen LogP contribution in [0.15, 0.2) is 24.3 Å². The van der Waals surface area contributed by atoms with Crippen LogP contribution in [0.3, 0.4) is 0 Å². The van der Waals surface area contributed by atoms with Crippen molar-refractivity contribution in [1.82, 2.24) is 0 Å². The lowest BCUT2D eigenvalue weighted by atomic mass is 10.2. The van der Waals surface area contributed by atoms with Gasteiger partial charge in [0.25, 0.3) is 0 Å². The van der Waals surface area contributed by atoms with Gasteiger partial charge in [0, 0.05) is 6.42 Å². The average Bonchev–Trinajstić information content (AvgIpc) is 2.09. The minimum atomic E-state index is -0.730. The Morgan fingerprint density at radius 1 is 1.15 bits per heavy atom. The molecule has 0 radical (unpaired) electrons. The fourth-order valence-corrected chi connectivity index (χ4v) is 0.880. The highest BCUT2D eigenvalue weighted by Crippen LogP contribution is 1.95. The largest absolute Gasteiger partial charge is 0.481 e. The van der Waals surface area contributed by atoms with Gasteiger partial charge < -0.3 is 5.11 Å². The van der Waals surface area contributed by atoms with Crippen LogP contribution in [0.1, 0.15) is 39.0 Å².